The lowest BCUT2D eigenvalue weighted by Crippen LogP contribution is -2.30. The van der Waals surface area contributed by atoms with Gasteiger partial charge in [0.05, 0.1) is 0 Å². The first-order valence-corrected chi connectivity index (χ1v) is 6.96. The molecule has 3 heteroatoms. The van der Waals surface area contributed by atoms with E-state index in [-0.39, 0.29) is 0 Å². The van der Waals surface area contributed by atoms with Gasteiger partial charge in [-0.1, -0.05) is 25.1 Å². The summed E-state index contributed by atoms with van der Waals surface area (Å²) in [5.41, 5.74) is 6.78. The summed E-state index contributed by atoms with van der Waals surface area (Å²) >= 11 is 0. The van der Waals surface area contributed by atoms with Crippen LogP contribution in [-0.4, -0.2) is 31.1 Å². The Labute approximate surface area is 110 Å². The van der Waals surface area contributed by atoms with Crippen molar-refractivity contribution in [2.45, 2.75) is 26.3 Å². The van der Waals surface area contributed by atoms with Crippen molar-refractivity contribution >= 4 is 0 Å². The lowest BCUT2D eigenvalue weighted by molar-refractivity contribution is 0.209. The predicted octanol–water partition coefficient (Wildman–Crippen LogP) is 2.26. The molecule has 2 rings (SSSR count). The van der Waals surface area contributed by atoms with Gasteiger partial charge in [-0.25, -0.2) is 0 Å². The van der Waals surface area contributed by atoms with Gasteiger partial charge in [0.1, 0.15) is 12.4 Å². The van der Waals surface area contributed by atoms with Crippen LogP contribution in [0.2, 0.25) is 0 Å². The number of nitrogens with two attached hydrogens (primary N) is 1. The summed E-state index contributed by atoms with van der Waals surface area (Å²) in [6.45, 7) is 6.85. The van der Waals surface area contributed by atoms with Crippen LogP contribution in [0.3, 0.4) is 0 Å². The molecule has 3 nitrogen and oxygen atoms in total. The molecule has 0 amide bonds. The van der Waals surface area contributed by atoms with Crippen LogP contribution in [0.4, 0.5) is 0 Å². The third-order valence-electron chi connectivity index (χ3n) is 3.52. The van der Waals surface area contributed by atoms with E-state index in [2.05, 4.69) is 11.8 Å². The van der Waals surface area contributed by atoms with Crippen LogP contribution >= 0.6 is 0 Å². The SMILES string of the molecule is CCN(CCOc1ccccc1CN)CC1CC1. The fourth-order valence-electron chi connectivity index (χ4n) is 2.14. The van der Waals surface area contributed by atoms with Gasteiger partial charge in [-0.05, 0) is 31.4 Å². The molecule has 1 aliphatic carbocycles. The number of ether oxygens (including phenoxy) is 1. The van der Waals surface area contributed by atoms with Gasteiger partial charge in [0, 0.05) is 25.2 Å². The molecule has 1 aromatic rings. The number of benzene rings is 1. The van der Waals surface area contributed by atoms with Crippen molar-refractivity contribution in [1.29, 1.82) is 0 Å². The largest absolute Gasteiger partial charge is 0.492 e. The second-order valence-corrected chi connectivity index (χ2v) is 5.00. The molecule has 0 bridgehead atoms. The van der Waals surface area contributed by atoms with Crippen molar-refractivity contribution < 1.29 is 4.74 Å². The molecule has 2 N–H and O–H groups in total. The number of para-hydroxylation sites is 1. The Morgan fingerprint density at radius 3 is 2.78 bits per heavy atom. The van der Waals surface area contributed by atoms with Gasteiger partial charge in [-0.2, -0.15) is 0 Å². The minimum atomic E-state index is 0.537. The van der Waals surface area contributed by atoms with E-state index in [9.17, 15) is 0 Å². The quantitative estimate of drug-likeness (QED) is 0.767. The Morgan fingerprint density at radius 1 is 1.33 bits per heavy atom. The molecule has 0 atom stereocenters. The van der Waals surface area contributed by atoms with E-state index in [1.165, 1.54) is 19.4 Å². The molecule has 0 heterocycles. The molecule has 1 saturated carbocycles. The fraction of sp³-hybridized carbons (Fsp3) is 0.600. The first kappa shape index (κ1) is 13.4. The highest BCUT2D eigenvalue weighted by Gasteiger charge is 2.23. The van der Waals surface area contributed by atoms with Crippen molar-refractivity contribution in [3.05, 3.63) is 29.8 Å². The Hall–Kier alpha value is -1.06. The minimum absolute atomic E-state index is 0.537. The maximum Gasteiger partial charge on any atom is 0.123 e. The van der Waals surface area contributed by atoms with Gasteiger partial charge in [0.2, 0.25) is 0 Å². The van der Waals surface area contributed by atoms with Crippen LogP contribution in [0.1, 0.15) is 25.3 Å². The lowest BCUT2D eigenvalue weighted by Gasteiger charge is -2.20. The van der Waals surface area contributed by atoms with E-state index in [1.807, 2.05) is 24.3 Å². The highest BCUT2D eigenvalue weighted by Crippen LogP contribution is 2.29. The van der Waals surface area contributed by atoms with Crippen molar-refractivity contribution in [2.24, 2.45) is 11.7 Å². The highest BCUT2D eigenvalue weighted by molar-refractivity contribution is 5.32. The summed E-state index contributed by atoms with van der Waals surface area (Å²) in [6.07, 6.45) is 2.82. The molecule has 1 aliphatic rings. The van der Waals surface area contributed by atoms with Gasteiger partial charge < -0.3 is 10.5 Å². The second kappa shape index (κ2) is 6.76. The van der Waals surface area contributed by atoms with Crippen molar-refractivity contribution in [3.8, 4) is 5.75 Å². The van der Waals surface area contributed by atoms with E-state index >= 15 is 0 Å². The van der Waals surface area contributed by atoms with Crippen LogP contribution in [0.5, 0.6) is 5.75 Å². The number of hydrogen-bond donors (Lipinski definition) is 1. The molecule has 0 aromatic heterocycles. The average molecular weight is 248 g/mol. The number of rotatable bonds is 8. The molecule has 0 saturated heterocycles. The van der Waals surface area contributed by atoms with Gasteiger partial charge in [0.25, 0.3) is 0 Å². The van der Waals surface area contributed by atoms with E-state index in [0.717, 1.165) is 36.9 Å². The fourth-order valence-corrected chi connectivity index (χ4v) is 2.14. The zero-order valence-electron chi connectivity index (χ0n) is 11.3. The van der Waals surface area contributed by atoms with E-state index in [1.54, 1.807) is 0 Å². The van der Waals surface area contributed by atoms with Gasteiger partial charge in [-0.3, -0.25) is 4.90 Å². The molecular weight excluding hydrogens is 224 g/mol. The first-order chi connectivity index (χ1) is 8.83. The van der Waals surface area contributed by atoms with E-state index in [0.29, 0.717) is 6.54 Å². The van der Waals surface area contributed by atoms with Gasteiger partial charge in [0.15, 0.2) is 0 Å². The zero-order valence-corrected chi connectivity index (χ0v) is 11.3. The third kappa shape index (κ3) is 4.00. The topological polar surface area (TPSA) is 38.5 Å². The van der Waals surface area contributed by atoms with Gasteiger partial charge in [-0.15, -0.1) is 0 Å². The maximum atomic E-state index is 5.84. The summed E-state index contributed by atoms with van der Waals surface area (Å²) in [6, 6.07) is 8.02. The summed E-state index contributed by atoms with van der Waals surface area (Å²) in [5, 5.41) is 0. The molecule has 100 valence electrons. The summed E-state index contributed by atoms with van der Waals surface area (Å²) in [7, 11) is 0. The second-order valence-electron chi connectivity index (χ2n) is 5.00. The lowest BCUT2D eigenvalue weighted by atomic mass is 10.2. The normalized spacial score (nSPS) is 15.1. The van der Waals surface area contributed by atoms with Gasteiger partial charge >= 0.3 is 0 Å². The Bertz CT molecular complexity index is 363. The van der Waals surface area contributed by atoms with Crippen LogP contribution < -0.4 is 10.5 Å². The number of hydrogen-bond acceptors (Lipinski definition) is 3. The molecule has 0 spiro atoms. The molecule has 18 heavy (non-hydrogen) atoms. The summed E-state index contributed by atoms with van der Waals surface area (Å²) < 4.78 is 5.84. The summed E-state index contributed by atoms with van der Waals surface area (Å²) in [5.74, 6) is 1.88. The molecule has 0 radical (unpaired) electrons. The monoisotopic (exact) mass is 248 g/mol. The smallest absolute Gasteiger partial charge is 0.123 e. The van der Waals surface area contributed by atoms with Crippen LogP contribution in [0, 0.1) is 5.92 Å². The van der Waals surface area contributed by atoms with Crippen LogP contribution in [-0.2, 0) is 6.54 Å². The molecule has 0 aliphatic heterocycles. The molecule has 1 fully saturated rings. The predicted molar refractivity (Wildman–Crippen MR) is 74.7 cm³/mol. The van der Waals surface area contributed by atoms with E-state index in [4.69, 9.17) is 10.5 Å². The maximum absolute atomic E-state index is 5.84. The number of nitrogens with zero attached hydrogens (tertiary/aromatic N) is 1. The molecule has 0 unspecified atom stereocenters. The Balaban J connectivity index is 1.75. The van der Waals surface area contributed by atoms with Crippen LogP contribution in [0.15, 0.2) is 24.3 Å². The molecule has 1 aromatic carbocycles. The van der Waals surface area contributed by atoms with Crippen molar-refractivity contribution in [2.75, 3.05) is 26.2 Å². The van der Waals surface area contributed by atoms with Crippen LogP contribution in [0.25, 0.3) is 0 Å². The highest BCUT2D eigenvalue weighted by atomic mass is 16.5. The number of likely N-dealkylation sites (N-methyl/N-ethyl adjacent to an activating group) is 1. The van der Waals surface area contributed by atoms with Crippen molar-refractivity contribution in [1.82, 2.24) is 4.90 Å². The Morgan fingerprint density at radius 2 is 2.11 bits per heavy atom. The minimum Gasteiger partial charge on any atom is -0.492 e. The standard InChI is InChI=1S/C15H24N2O/c1-2-17(12-13-7-8-13)9-10-18-15-6-4-3-5-14(15)11-16/h3-6,13H,2,7-12,16H2,1H3. The van der Waals surface area contributed by atoms with E-state index < -0.39 is 0 Å². The van der Waals surface area contributed by atoms with Crippen molar-refractivity contribution in [3.63, 3.8) is 0 Å². The third-order valence-corrected chi connectivity index (χ3v) is 3.52. The average Bonchev–Trinajstić information content (AvgIpc) is 3.22. The zero-order chi connectivity index (χ0) is 12.8. The molecular formula is C15H24N2O. The Kier molecular flexibility index (Phi) is 5.02. The summed E-state index contributed by atoms with van der Waals surface area (Å²) in [4.78, 5) is 2.47. The first-order valence-electron chi connectivity index (χ1n) is 6.96.